The van der Waals surface area contributed by atoms with Gasteiger partial charge in [0.2, 0.25) is 0 Å². The maximum Gasteiger partial charge on any atom is 0.251 e. The summed E-state index contributed by atoms with van der Waals surface area (Å²) >= 11 is 5.93. The lowest BCUT2D eigenvalue weighted by molar-refractivity contribution is 0.0949. The van der Waals surface area contributed by atoms with Gasteiger partial charge < -0.3 is 10.1 Å². The molecule has 0 atom stereocenters. The summed E-state index contributed by atoms with van der Waals surface area (Å²) in [5.74, 6) is 0.694. The summed E-state index contributed by atoms with van der Waals surface area (Å²) in [7, 11) is 1.61. The van der Waals surface area contributed by atoms with Crippen LogP contribution in [0.25, 0.3) is 0 Å². The van der Waals surface area contributed by atoms with Gasteiger partial charge in [-0.1, -0.05) is 23.7 Å². The summed E-state index contributed by atoms with van der Waals surface area (Å²) < 4.78 is 5.10. The summed E-state index contributed by atoms with van der Waals surface area (Å²) in [5, 5.41) is 3.78. The second kappa shape index (κ2) is 6.01. The van der Waals surface area contributed by atoms with Gasteiger partial charge in [-0.3, -0.25) is 4.79 Å². The van der Waals surface area contributed by atoms with Crippen molar-refractivity contribution in [2.75, 3.05) is 13.7 Å². The monoisotopic (exact) mass is 315 g/mol. The maximum absolute atomic E-state index is 12.2. The highest BCUT2D eigenvalue weighted by Gasteiger charge is 2.44. The zero-order valence-electron chi connectivity index (χ0n) is 12.4. The average Bonchev–Trinajstić information content (AvgIpc) is 3.34. The molecule has 1 fully saturated rings. The Morgan fingerprint density at radius 2 is 1.77 bits per heavy atom. The number of rotatable bonds is 5. The van der Waals surface area contributed by atoms with E-state index < -0.39 is 0 Å². The molecular formula is C18H18ClNO2. The predicted molar refractivity (Wildman–Crippen MR) is 87.7 cm³/mol. The highest BCUT2D eigenvalue weighted by molar-refractivity contribution is 6.30. The Morgan fingerprint density at radius 1 is 1.14 bits per heavy atom. The van der Waals surface area contributed by atoms with E-state index in [0.717, 1.165) is 23.6 Å². The Bertz CT molecular complexity index is 660. The highest BCUT2D eigenvalue weighted by Crippen LogP contribution is 2.47. The largest absolute Gasteiger partial charge is 0.497 e. The fourth-order valence-corrected chi connectivity index (χ4v) is 2.74. The van der Waals surface area contributed by atoms with Crippen molar-refractivity contribution in [2.45, 2.75) is 18.3 Å². The molecule has 0 radical (unpaired) electrons. The van der Waals surface area contributed by atoms with Crippen LogP contribution < -0.4 is 10.1 Å². The molecule has 0 saturated heterocycles. The van der Waals surface area contributed by atoms with Gasteiger partial charge in [-0.05, 0) is 54.8 Å². The first-order chi connectivity index (χ1) is 10.6. The summed E-state index contributed by atoms with van der Waals surface area (Å²) in [6.07, 6.45) is 2.19. The Hall–Kier alpha value is -2.00. The number of carbonyl (C=O) groups is 1. The van der Waals surface area contributed by atoms with Crippen LogP contribution in [0.4, 0.5) is 0 Å². The zero-order chi connectivity index (χ0) is 15.6. The minimum atomic E-state index is -0.0529. The molecule has 0 aliphatic heterocycles. The first-order valence-electron chi connectivity index (χ1n) is 7.31. The molecule has 1 saturated carbocycles. The van der Waals surface area contributed by atoms with Gasteiger partial charge in [0.05, 0.1) is 7.11 Å². The molecule has 0 aromatic heterocycles. The lowest BCUT2D eigenvalue weighted by Crippen LogP contribution is -2.32. The molecule has 3 nitrogen and oxygen atoms in total. The van der Waals surface area contributed by atoms with E-state index in [4.69, 9.17) is 16.3 Å². The maximum atomic E-state index is 12.2. The Balaban J connectivity index is 1.64. The van der Waals surface area contributed by atoms with Crippen LogP contribution in [0.15, 0.2) is 48.5 Å². The van der Waals surface area contributed by atoms with Crippen LogP contribution in [-0.4, -0.2) is 19.6 Å². The van der Waals surface area contributed by atoms with Crippen molar-refractivity contribution < 1.29 is 9.53 Å². The minimum absolute atomic E-state index is 0.0529. The molecule has 1 aliphatic rings. The number of hydrogen-bond acceptors (Lipinski definition) is 2. The van der Waals surface area contributed by atoms with Crippen molar-refractivity contribution in [3.63, 3.8) is 0 Å². The zero-order valence-corrected chi connectivity index (χ0v) is 13.2. The van der Waals surface area contributed by atoms with Crippen molar-refractivity contribution in [3.05, 3.63) is 64.7 Å². The fourth-order valence-electron chi connectivity index (χ4n) is 2.62. The van der Waals surface area contributed by atoms with Crippen LogP contribution in [0.5, 0.6) is 5.75 Å². The van der Waals surface area contributed by atoms with Gasteiger partial charge in [0, 0.05) is 22.5 Å². The van der Waals surface area contributed by atoms with Gasteiger partial charge >= 0.3 is 0 Å². The summed E-state index contributed by atoms with van der Waals surface area (Å²) in [6, 6.07) is 15.0. The third kappa shape index (κ3) is 3.09. The number of methoxy groups -OCH3 is 1. The smallest absolute Gasteiger partial charge is 0.251 e. The van der Waals surface area contributed by atoms with Crippen LogP contribution >= 0.6 is 11.6 Å². The molecule has 0 heterocycles. The van der Waals surface area contributed by atoms with E-state index in [9.17, 15) is 4.79 Å². The highest BCUT2D eigenvalue weighted by atomic mass is 35.5. The number of hydrogen-bond donors (Lipinski definition) is 1. The standard InChI is InChI=1S/C18H18ClNO2/c1-22-16-8-2-13(3-9-16)17(21)20-12-18(10-11-18)14-4-6-15(19)7-5-14/h2-9H,10-12H2,1H3,(H,20,21). The van der Waals surface area contributed by atoms with E-state index in [1.165, 1.54) is 5.56 Å². The molecule has 3 rings (SSSR count). The Kier molecular flexibility index (Phi) is 4.08. The van der Waals surface area contributed by atoms with Crippen LogP contribution in [0.2, 0.25) is 5.02 Å². The number of benzene rings is 2. The SMILES string of the molecule is COc1ccc(C(=O)NCC2(c3ccc(Cl)cc3)CC2)cc1. The fraction of sp³-hybridized carbons (Fsp3) is 0.278. The van der Waals surface area contributed by atoms with Gasteiger partial charge in [-0.25, -0.2) is 0 Å². The topological polar surface area (TPSA) is 38.3 Å². The molecule has 2 aromatic rings. The van der Waals surface area contributed by atoms with E-state index in [2.05, 4.69) is 17.4 Å². The number of halogens is 1. The predicted octanol–water partition coefficient (Wildman–Crippen LogP) is 3.81. The summed E-state index contributed by atoms with van der Waals surface area (Å²) in [4.78, 5) is 12.2. The van der Waals surface area contributed by atoms with E-state index in [0.29, 0.717) is 12.1 Å². The number of nitrogens with one attached hydrogen (secondary N) is 1. The van der Waals surface area contributed by atoms with Gasteiger partial charge in [0.25, 0.3) is 5.91 Å². The molecule has 4 heteroatoms. The third-order valence-corrected chi connectivity index (χ3v) is 4.50. The van der Waals surface area contributed by atoms with Crippen molar-refractivity contribution in [1.29, 1.82) is 0 Å². The normalized spacial score (nSPS) is 15.2. The molecular weight excluding hydrogens is 298 g/mol. The van der Waals surface area contributed by atoms with Crippen molar-refractivity contribution in [3.8, 4) is 5.75 Å². The molecule has 1 aliphatic carbocycles. The number of amides is 1. The van der Waals surface area contributed by atoms with Gasteiger partial charge in [0.1, 0.15) is 5.75 Å². The summed E-state index contributed by atoms with van der Waals surface area (Å²) in [6.45, 7) is 0.652. The molecule has 1 amide bonds. The van der Waals surface area contributed by atoms with Crippen LogP contribution in [0.1, 0.15) is 28.8 Å². The molecule has 114 valence electrons. The van der Waals surface area contributed by atoms with E-state index in [-0.39, 0.29) is 11.3 Å². The first kappa shape index (κ1) is 14.9. The number of ether oxygens (including phenoxy) is 1. The Morgan fingerprint density at radius 3 is 2.32 bits per heavy atom. The second-order valence-electron chi connectivity index (χ2n) is 5.70. The van der Waals surface area contributed by atoms with Gasteiger partial charge in [-0.2, -0.15) is 0 Å². The van der Waals surface area contributed by atoms with Crippen molar-refractivity contribution in [2.24, 2.45) is 0 Å². The van der Waals surface area contributed by atoms with Crippen molar-refractivity contribution >= 4 is 17.5 Å². The van der Waals surface area contributed by atoms with Crippen LogP contribution in [-0.2, 0) is 5.41 Å². The first-order valence-corrected chi connectivity index (χ1v) is 7.69. The molecule has 0 unspecified atom stereocenters. The van der Waals surface area contributed by atoms with Gasteiger partial charge in [-0.15, -0.1) is 0 Å². The molecule has 0 bridgehead atoms. The van der Waals surface area contributed by atoms with E-state index in [1.54, 1.807) is 31.4 Å². The Labute approximate surface area is 135 Å². The molecule has 2 aromatic carbocycles. The average molecular weight is 316 g/mol. The second-order valence-corrected chi connectivity index (χ2v) is 6.13. The number of carbonyl (C=O) groups excluding carboxylic acids is 1. The van der Waals surface area contributed by atoms with Crippen LogP contribution in [0.3, 0.4) is 0 Å². The quantitative estimate of drug-likeness (QED) is 0.911. The molecule has 22 heavy (non-hydrogen) atoms. The summed E-state index contributed by atoms with van der Waals surface area (Å²) in [5.41, 5.74) is 1.96. The molecule has 1 N–H and O–H groups in total. The third-order valence-electron chi connectivity index (χ3n) is 4.25. The lowest BCUT2D eigenvalue weighted by atomic mass is 9.96. The molecule has 0 spiro atoms. The van der Waals surface area contributed by atoms with E-state index in [1.807, 2.05) is 12.1 Å². The lowest BCUT2D eigenvalue weighted by Gasteiger charge is -2.17. The van der Waals surface area contributed by atoms with Crippen LogP contribution in [0, 0.1) is 0 Å². The van der Waals surface area contributed by atoms with Crippen molar-refractivity contribution in [1.82, 2.24) is 5.32 Å². The van der Waals surface area contributed by atoms with Gasteiger partial charge in [0.15, 0.2) is 0 Å². The minimum Gasteiger partial charge on any atom is -0.497 e. The van der Waals surface area contributed by atoms with E-state index >= 15 is 0 Å².